The minimum atomic E-state index is -0.0282. The smallest absolute Gasteiger partial charge is 0.224 e. The van der Waals surface area contributed by atoms with E-state index in [2.05, 4.69) is 25.7 Å². The topological polar surface area (TPSA) is 84.7 Å². The van der Waals surface area contributed by atoms with Crippen molar-refractivity contribution in [3.8, 4) is 5.69 Å². The summed E-state index contributed by atoms with van der Waals surface area (Å²) in [6, 6.07) is 11.7. The average Bonchev–Trinajstić information content (AvgIpc) is 2.95. The number of carbonyl (C=O) groups excluding carboxylic acids is 1. The number of rotatable bonds is 7. The third kappa shape index (κ3) is 4.24. The Hall–Kier alpha value is -3.22. The number of anilines is 1. The summed E-state index contributed by atoms with van der Waals surface area (Å²) < 4.78 is 1.88. The van der Waals surface area contributed by atoms with Crippen molar-refractivity contribution in [2.75, 3.05) is 18.4 Å². The Kier molecular flexibility index (Phi) is 5.58. The van der Waals surface area contributed by atoms with Gasteiger partial charge in [-0.2, -0.15) is 5.10 Å². The number of benzene rings is 1. The lowest BCUT2D eigenvalue weighted by Crippen LogP contribution is -2.30. The van der Waals surface area contributed by atoms with Crippen molar-refractivity contribution in [3.05, 3.63) is 65.7 Å². The van der Waals surface area contributed by atoms with Crippen LogP contribution in [-0.4, -0.2) is 38.7 Å². The Balaban J connectivity index is 1.55. The molecule has 0 bridgehead atoms. The summed E-state index contributed by atoms with van der Waals surface area (Å²) in [5, 5.41) is 10.5. The van der Waals surface area contributed by atoms with Crippen molar-refractivity contribution in [3.63, 3.8) is 0 Å². The molecule has 26 heavy (non-hydrogen) atoms. The van der Waals surface area contributed by atoms with Gasteiger partial charge in [0.2, 0.25) is 11.9 Å². The number of para-hydroxylation sites is 1. The molecule has 0 aliphatic carbocycles. The van der Waals surface area contributed by atoms with Crippen LogP contribution < -0.4 is 10.6 Å². The number of hydrogen-bond donors (Lipinski definition) is 2. The van der Waals surface area contributed by atoms with Crippen molar-refractivity contribution >= 4 is 11.9 Å². The normalized spacial score (nSPS) is 10.5. The molecule has 0 spiro atoms. The zero-order valence-electron chi connectivity index (χ0n) is 14.9. The highest BCUT2D eigenvalue weighted by Gasteiger charge is 2.15. The molecule has 0 unspecified atom stereocenters. The molecule has 7 heteroatoms. The Bertz CT molecular complexity index is 860. The second-order valence-corrected chi connectivity index (χ2v) is 5.92. The van der Waals surface area contributed by atoms with Gasteiger partial charge in [-0.3, -0.25) is 4.79 Å². The van der Waals surface area contributed by atoms with E-state index in [1.807, 2.05) is 48.9 Å². The Morgan fingerprint density at radius 3 is 2.50 bits per heavy atom. The van der Waals surface area contributed by atoms with Crippen LogP contribution in [0.25, 0.3) is 5.69 Å². The fraction of sp³-hybridized carbons (Fsp3) is 0.263. The summed E-state index contributed by atoms with van der Waals surface area (Å²) in [4.78, 5) is 20.4. The first-order chi connectivity index (χ1) is 12.6. The van der Waals surface area contributed by atoms with Crippen LogP contribution in [0.15, 0.2) is 48.8 Å². The number of amides is 1. The fourth-order valence-corrected chi connectivity index (χ4v) is 2.74. The van der Waals surface area contributed by atoms with E-state index >= 15 is 0 Å². The van der Waals surface area contributed by atoms with Gasteiger partial charge in [-0.05, 0) is 32.0 Å². The first-order valence-corrected chi connectivity index (χ1v) is 8.53. The summed E-state index contributed by atoms with van der Waals surface area (Å²) >= 11 is 0. The Morgan fingerprint density at radius 1 is 1.04 bits per heavy atom. The molecule has 3 rings (SSSR count). The van der Waals surface area contributed by atoms with E-state index in [0.717, 1.165) is 22.6 Å². The number of nitrogens with zero attached hydrogens (tertiary/aromatic N) is 4. The predicted molar refractivity (Wildman–Crippen MR) is 100 cm³/mol. The van der Waals surface area contributed by atoms with Gasteiger partial charge in [0.1, 0.15) is 0 Å². The monoisotopic (exact) mass is 350 g/mol. The van der Waals surface area contributed by atoms with Crippen LogP contribution in [0.4, 0.5) is 5.95 Å². The maximum atomic E-state index is 12.3. The minimum Gasteiger partial charge on any atom is -0.354 e. The molecule has 0 atom stereocenters. The summed E-state index contributed by atoms with van der Waals surface area (Å²) in [7, 11) is 0. The molecule has 3 aromatic rings. The molecule has 0 saturated carbocycles. The molecule has 1 amide bonds. The Morgan fingerprint density at radius 2 is 1.77 bits per heavy atom. The molecular weight excluding hydrogens is 328 g/mol. The van der Waals surface area contributed by atoms with Gasteiger partial charge in [-0.25, -0.2) is 14.6 Å². The van der Waals surface area contributed by atoms with Gasteiger partial charge in [0.15, 0.2) is 0 Å². The van der Waals surface area contributed by atoms with Crippen LogP contribution >= 0.6 is 0 Å². The summed E-state index contributed by atoms with van der Waals surface area (Å²) in [5.74, 6) is 0.525. The van der Waals surface area contributed by atoms with Crippen molar-refractivity contribution in [1.29, 1.82) is 0 Å². The molecule has 0 radical (unpaired) electrons. The van der Waals surface area contributed by atoms with E-state index < -0.39 is 0 Å². The third-order valence-electron chi connectivity index (χ3n) is 4.08. The number of hydrogen-bond acceptors (Lipinski definition) is 5. The largest absolute Gasteiger partial charge is 0.354 e. The van der Waals surface area contributed by atoms with Crippen molar-refractivity contribution in [2.24, 2.45) is 0 Å². The molecular formula is C19H22N6O. The molecule has 0 aliphatic rings. The van der Waals surface area contributed by atoms with Crippen molar-refractivity contribution in [2.45, 2.75) is 20.3 Å². The van der Waals surface area contributed by atoms with Gasteiger partial charge in [0.05, 0.1) is 17.8 Å². The number of aryl methyl sites for hydroxylation is 1. The van der Waals surface area contributed by atoms with Crippen LogP contribution in [0, 0.1) is 13.8 Å². The van der Waals surface area contributed by atoms with E-state index in [1.165, 1.54) is 0 Å². The molecule has 2 aromatic heterocycles. The summed E-state index contributed by atoms with van der Waals surface area (Å²) in [6.45, 7) is 4.99. The summed E-state index contributed by atoms with van der Waals surface area (Å²) in [5.41, 5.74) is 3.81. The van der Waals surface area contributed by atoms with E-state index in [4.69, 9.17) is 0 Å². The maximum Gasteiger partial charge on any atom is 0.224 e. The van der Waals surface area contributed by atoms with E-state index in [9.17, 15) is 4.79 Å². The first-order valence-electron chi connectivity index (χ1n) is 8.53. The lowest BCUT2D eigenvalue weighted by molar-refractivity contribution is -0.120. The number of aromatic nitrogens is 4. The van der Waals surface area contributed by atoms with Crippen LogP contribution in [-0.2, 0) is 11.2 Å². The lowest BCUT2D eigenvalue weighted by Gasteiger charge is -2.08. The standard InChI is InChI=1S/C19H22N6O/c1-14-17(15(2)25(24-14)16-7-4-3-5-8-16)13-18(26)20-11-12-23-19-21-9-6-10-22-19/h3-10H,11-13H2,1-2H3,(H,20,26)(H,21,22,23). The SMILES string of the molecule is Cc1nn(-c2ccccc2)c(C)c1CC(=O)NCCNc1ncccn1. The van der Waals surface area contributed by atoms with Crippen LogP contribution in [0.3, 0.4) is 0 Å². The van der Waals surface area contributed by atoms with Gasteiger partial charge in [0.25, 0.3) is 0 Å². The van der Waals surface area contributed by atoms with Crippen molar-refractivity contribution in [1.82, 2.24) is 25.1 Å². The fourth-order valence-electron chi connectivity index (χ4n) is 2.74. The first kappa shape index (κ1) is 17.6. The van der Waals surface area contributed by atoms with Crippen LogP contribution in [0.1, 0.15) is 17.0 Å². The van der Waals surface area contributed by atoms with Gasteiger partial charge in [-0.15, -0.1) is 0 Å². The highest BCUT2D eigenvalue weighted by molar-refractivity contribution is 5.79. The molecule has 0 aliphatic heterocycles. The highest BCUT2D eigenvalue weighted by atomic mass is 16.1. The van der Waals surface area contributed by atoms with Gasteiger partial charge in [0, 0.05) is 36.7 Å². The molecule has 2 heterocycles. The molecule has 0 fully saturated rings. The molecule has 7 nitrogen and oxygen atoms in total. The molecule has 0 saturated heterocycles. The second kappa shape index (κ2) is 8.24. The van der Waals surface area contributed by atoms with Gasteiger partial charge in [-0.1, -0.05) is 18.2 Å². The quantitative estimate of drug-likeness (QED) is 0.637. The van der Waals surface area contributed by atoms with E-state index in [-0.39, 0.29) is 5.91 Å². The molecule has 134 valence electrons. The third-order valence-corrected chi connectivity index (χ3v) is 4.08. The van der Waals surface area contributed by atoms with Crippen LogP contribution in [0.2, 0.25) is 0 Å². The van der Waals surface area contributed by atoms with E-state index in [0.29, 0.717) is 25.5 Å². The summed E-state index contributed by atoms with van der Waals surface area (Å²) in [6.07, 6.45) is 3.65. The van der Waals surface area contributed by atoms with E-state index in [1.54, 1.807) is 18.5 Å². The zero-order valence-corrected chi connectivity index (χ0v) is 14.9. The zero-order chi connectivity index (χ0) is 18.4. The molecule has 1 aromatic carbocycles. The lowest BCUT2D eigenvalue weighted by atomic mass is 10.1. The second-order valence-electron chi connectivity index (χ2n) is 5.92. The van der Waals surface area contributed by atoms with Crippen molar-refractivity contribution < 1.29 is 4.79 Å². The van der Waals surface area contributed by atoms with Crippen LogP contribution in [0.5, 0.6) is 0 Å². The Labute approximate surface area is 152 Å². The van der Waals surface area contributed by atoms with Gasteiger partial charge < -0.3 is 10.6 Å². The predicted octanol–water partition coefficient (Wildman–Crippen LogP) is 2.05. The average molecular weight is 350 g/mol. The van der Waals surface area contributed by atoms with Gasteiger partial charge >= 0.3 is 0 Å². The minimum absolute atomic E-state index is 0.0282. The number of carbonyl (C=O) groups is 1. The highest BCUT2D eigenvalue weighted by Crippen LogP contribution is 2.18. The maximum absolute atomic E-state index is 12.3. The molecule has 2 N–H and O–H groups in total. The number of nitrogens with one attached hydrogen (secondary N) is 2.